The molecule has 29 heavy (non-hydrogen) atoms. The van der Waals surface area contributed by atoms with Crippen molar-refractivity contribution in [3.8, 4) is 5.69 Å². The number of hydrogen-bond acceptors (Lipinski definition) is 4. The zero-order valence-electron chi connectivity index (χ0n) is 16.7. The first-order valence-corrected chi connectivity index (χ1v) is 9.43. The third kappa shape index (κ3) is 3.80. The van der Waals surface area contributed by atoms with Gasteiger partial charge in [-0.25, -0.2) is 4.98 Å². The summed E-state index contributed by atoms with van der Waals surface area (Å²) in [6.07, 6.45) is 1.84. The van der Waals surface area contributed by atoms with Gasteiger partial charge in [-0.3, -0.25) is 14.4 Å². The van der Waals surface area contributed by atoms with Crippen LogP contribution in [0.4, 0.5) is 11.4 Å². The zero-order chi connectivity index (χ0) is 20.4. The highest BCUT2D eigenvalue weighted by molar-refractivity contribution is 5.82. The van der Waals surface area contributed by atoms with Crippen molar-refractivity contribution in [2.45, 2.75) is 6.92 Å². The average molecular weight is 382 g/mol. The van der Waals surface area contributed by atoms with Crippen LogP contribution in [0.2, 0.25) is 0 Å². The van der Waals surface area contributed by atoms with Crippen molar-refractivity contribution in [3.05, 3.63) is 94.5 Å². The summed E-state index contributed by atoms with van der Waals surface area (Å²) in [6.45, 7) is 1.84. The number of aliphatic imine (C=N–C) groups is 1. The van der Waals surface area contributed by atoms with E-state index in [0.29, 0.717) is 16.7 Å². The lowest BCUT2D eigenvalue weighted by molar-refractivity contribution is 0.895. The molecular weight excluding hydrogens is 360 g/mol. The fourth-order valence-electron chi connectivity index (χ4n) is 3.24. The van der Waals surface area contributed by atoms with E-state index in [1.807, 2.05) is 81.8 Å². The molecule has 0 saturated carbocycles. The minimum absolute atomic E-state index is 0.0645. The van der Waals surface area contributed by atoms with Gasteiger partial charge in [-0.2, -0.15) is 0 Å². The highest BCUT2D eigenvalue weighted by Gasteiger charge is 2.09. The number of aromatic nitrogens is 2. The molecule has 0 fully saturated rings. The number of anilines is 1. The highest BCUT2D eigenvalue weighted by Crippen LogP contribution is 2.18. The number of fused-ring (bicyclic) bond motifs is 1. The van der Waals surface area contributed by atoms with Crippen LogP contribution in [0.3, 0.4) is 0 Å². The maximum Gasteiger partial charge on any atom is 0.265 e. The SMILES string of the molecule is Cc1nc2ccccc2c(=O)n1-c1ccc(N=Cc2ccc(N(C)C)cc2)cc1. The van der Waals surface area contributed by atoms with E-state index < -0.39 is 0 Å². The Hall–Kier alpha value is -3.73. The minimum atomic E-state index is -0.0645. The summed E-state index contributed by atoms with van der Waals surface area (Å²) in [7, 11) is 4.03. The summed E-state index contributed by atoms with van der Waals surface area (Å²) in [5.74, 6) is 0.658. The third-order valence-corrected chi connectivity index (χ3v) is 4.82. The first-order valence-electron chi connectivity index (χ1n) is 9.43. The van der Waals surface area contributed by atoms with Crippen LogP contribution in [0, 0.1) is 6.92 Å². The van der Waals surface area contributed by atoms with Crippen LogP contribution in [-0.4, -0.2) is 29.9 Å². The summed E-state index contributed by atoms with van der Waals surface area (Å²) in [5, 5.41) is 0.612. The van der Waals surface area contributed by atoms with E-state index in [1.165, 1.54) is 0 Å². The Bertz CT molecular complexity index is 1240. The van der Waals surface area contributed by atoms with Gasteiger partial charge in [-0.05, 0) is 61.0 Å². The summed E-state index contributed by atoms with van der Waals surface area (Å²) in [5.41, 5.74) is 4.43. The van der Waals surface area contributed by atoms with Crippen LogP contribution in [0.25, 0.3) is 16.6 Å². The zero-order valence-corrected chi connectivity index (χ0v) is 16.7. The fourth-order valence-corrected chi connectivity index (χ4v) is 3.24. The lowest BCUT2D eigenvalue weighted by atomic mass is 10.2. The number of aryl methyl sites for hydroxylation is 1. The first kappa shape index (κ1) is 18.6. The highest BCUT2D eigenvalue weighted by atomic mass is 16.1. The van der Waals surface area contributed by atoms with Crippen molar-refractivity contribution < 1.29 is 0 Å². The van der Waals surface area contributed by atoms with Crippen LogP contribution in [-0.2, 0) is 0 Å². The quantitative estimate of drug-likeness (QED) is 0.488. The molecule has 5 nitrogen and oxygen atoms in total. The summed E-state index contributed by atoms with van der Waals surface area (Å²) in [6, 6.07) is 23.2. The largest absolute Gasteiger partial charge is 0.378 e. The van der Waals surface area contributed by atoms with Gasteiger partial charge in [0.05, 0.1) is 22.3 Å². The van der Waals surface area contributed by atoms with E-state index in [9.17, 15) is 4.79 Å². The lowest BCUT2D eigenvalue weighted by Crippen LogP contribution is -2.22. The molecule has 0 aliphatic carbocycles. The van der Waals surface area contributed by atoms with Crippen LogP contribution >= 0.6 is 0 Å². The van der Waals surface area contributed by atoms with Gasteiger partial charge < -0.3 is 4.90 Å². The smallest absolute Gasteiger partial charge is 0.265 e. The van der Waals surface area contributed by atoms with Gasteiger partial charge in [0.2, 0.25) is 0 Å². The molecule has 4 aromatic rings. The van der Waals surface area contributed by atoms with Crippen LogP contribution in [0.5, 0.6) is 0 Å². The topological polar surface area (TPSA) is 50.5 Å². The predicted octanol–water partition coefficient (Wildman–Crippen LogP) is 4.51. The minimum Gasteiger partial charge on any atom is -0.378 e. The molecule has 1 heterocycles. The van der Waals surface area contributed by atoms with E-state index >= 15 is 0 Å². The Kier molecular flexibility index (Phi) is 4.96. The van der Waals surface area contributed by atoms with Gasteiger partial charge in [-0.1, -0.05) is 24.3 Å². The summed E-state index contributed by atoms with van der Waals surface area (Å²) in [4.78, 5) is 24.1. The molecule has 0 amide bonds. The van der Waals surface area contributed by atoms with E-state index in [4.69, 9.17) is 0 Å². The Morgan fingerprint density at radius 3 is 2.31 bits per heavy atom. The van der Waals surface area contributed by atoms with E-state index in [-0.39, 0.29) is 5.56 Å². The molecule has 0 aliphatic rings. The Morgan fingerprint density at radius 2 is 1.62 bits per heavy atom. The van der Waals surface area contributed by atoms with Crippen molar-refractivity contribution in [1.82, 2.24) is 9.55 Å². The molecule has 0 radical (unpaired) electrons. The second-order valence-electron chi connectivity index (χ2n) is 7.08. The normalized spacial score (nSPS) is 11.3. The van der Waals surface area contributed by atoms with Gasteiger partial charge in [0.25, 0.3) is 5.56 Å². The third-order valence-electron chi connectivity index (χ3n) is 4.82. The van der Waals surface area contributed by atoms with Crippen molar-refractivity contribution in [1.29, 1.82) is 0 Å². The number of para-hydroxylation sites is 1. The molecule has 0 atom stereocenters. The molecule has 1 aromatic heterocycles. The van der Waals surface area contributed by atoms with E-state index in [1.54, 1.807) is 10.6 Å². The Labute approximate surface area is 169 Å². The first-order chi connectivity index (χ1) is 14.0. The maximum atomic E-state index is 12.9. The molecule has 0 aliphatic heterocycles. The van der Waals surface area contributed by atoms with Gasteiger partial charge in [-0.15, -0.1) is 0 Å². The second-order valence-corrected chi connectivity index (χ2v) is 7.08. The van der Waals surface area contributed by atoms with Gasteiger partial charge in [0.15, 0.2) is 0 Å². The molecule has 144 valence electrons. The standard InChI is InChI=1S/C24H22N4O/c1-17-26-23-7-5-4-6-22(23)24(29)28(17)21-14-10-19(11-15-21)25-16-18-8-12-20(13-9-18)27(2)3/h4-16H,1-3H3. The number of benzene rings is 3. The fraction of sp³-hybridized carbons (Fsp3) is 0.125. The molecule has 0 saturated heterocycles. The number of nitrogens with zero attached hydrogens (tertiary/aromatic N) is 4. The van der Waals surface area contributed by atoms with Crippen molar-refractivity contribution >= 4 is 28.5 Å². The molecule has 0 bridgehead atoms. The Morgan fingerprint density at radius 1 is 0.931 bits per heavy atom. The average Bonchev–Trinajstić information content (AvgIpc) is 2.73. The molecular formula is C24H22N4O. The van der Waals surface area contributed by atoms with Gasteiger partial charge >= 0.3 is 0 Å². The van der Waals surface area contributed by atoms with E-state index in [0.717, 1.165) is 22.6 Å². The van der Waals surface area contributed by atoms with Crippen molar-refractivity contribution in [2.75, 3.05) is 19.0 Å². The molecule has 0 spiro atoms. The molecule has 0 unspecified atom stereocenters. The monoisotopic (exact) mass is 382 g/mol. The summed E-state index contributed by atoms with van der Waals surface area (Å²) >= 11 is 0. The summed E-state index contributed by atoms with van der Waals surface area (Å²) < 4.78 is 1.63. The van der Waals surface area contributed by atoms with E-state index in [2.05, 4.69) is 27.0 Å². The van der Waals surface area contributed by atoms with Crippen molar-refractivity contribution in [3.63, 3.8) is 0 Å². The van der Waals surface area contributed by atoms with Gasteiger partial charge in [0, 0.05) is 26.0 Å². The number of hydrogen-bond donors (Lipinski definition) is 0. The maximum absolute atomic E-state index is 12.9. The molecule has 0 N–H and O–H groups in total. The Balaban J connectivity index is 1.61. The molecule has 4 rings (SSSR count). The predicted molar refractivity (Wildman–Crippen MR) is 120 cm³/mol. The molecule has 5 heteroatoms. The number of rotatable bonds is 4. The molecule has 3 aromatic carbocycles. The lowest BCUT2D eigenvalue weighted by Gasteiger charge is -2.11. The van der Waals surface area contributed by atoms with Crippen LogP contribution in [0.15, 0.2) is 82.6 Å². The second kappa shape index (κ2) is 7.72. The van der Waals surface area contributed by atoms with Crippen LogP contribution < -0.4 is 10.5 Å². The van der Waals surface area contributed by atoms with Gasteiger partial charge in [0.1, 0.15) is 5.82 Å². The van der Waals surface area contributed by atoms with Crippen molar-refractivity contribution in [2.24, 2.45) is 4.99 Å². The van der Waals surface area contributed by atoms with Crippen LogP contribution in [0.1, 0.15) is 11.4 Å².